The van der Waals surface area contributed by atoms with Crippen LogP contribution in [0.5, 0.6) is 0 Å². The van der Waals surface area contributed by atoms with Crippen LogP contribution in [0, 0.1) is 0 Å². The van der Waals surface area contributed by atoms with Crippen molar-refractivity contribution in [3.05, 3.63) is 0 Å². The molecule has 14 heavy (non-hydrogen) atoms. The number of nitrogens with zero attached hydrogens (tertiary/aromatic N) is 2. The zero-order valence-corrected chi connectivity index (χ0v) is 10.2. The highest BCUT2D eigenvalue weighted by molar-refractivity contribution is 4.95. The van der Waals surface area contributed by atoms with E-state index in [2.05, 4.69) is 44.7 Å². The van der Waals surface area contributed by atoms with Crippen LogP contribution in [0.1, 0.15) is 27.2 Å². The maximum absolute atomic E-state index is 5.81. The number of nitrogens with two attached hydrogens (primary N) is 1. The molecular formula is C11H25N3. The molecule has 0 aromatic carbocycles. The SMILES string of the molecule is C[C@H](N)CN(C)C1CN(C)C(C)(C)C1. The van der Waals surface area contributed by atoms with Gasteiger partial charge in [-0.25, -0.2) is 0 Å². The molecule has 0 bridgehead atoms. The number of likely N-dealkylation sites (N-methyl/N-ethyl adjacent to an activating group) is 2. The van der Waals surface area contributed by atoms with Gasteiger partial charge in [0, 0.05) is 30.7 Å². The first-order chi connectivity index (χ1) is 6.33. The minimum absolute atomic E-state index is 0.272. The third kappa shape index (κ3) is 2.69. The van der Waals surface area contributed by atoms with Crippen LogP contribution in [-0.2, 0) is 0 Å². The van der Waals surface area contributed by atoms with E-state index in [1.165, 1.54) is 6.42 Å². The lowest BCUT2D eigenvalue weighted by Gasteiger charge is -2.27. The van der Waals surface area contributed by atoms with Gasteiger partial charge in [-0.3, -0.25) is 4.90 Å². The van der Waals surface area contributed by atoms with E-state index in [1.54, 1.807) is 0 Å². The first kappa shape index (κ1) is 12.0. The van der Waals surface area contributed by atoms with Crippen molar-refractivity contribution in [2.45, 2.75) is 44.8 Å². The van der Waals surface area contributed by atoms with Gasteiger partial charge in [-0.05, 0) is 41.3 Å². The van der Waals surface area contributed by atoms with Crippen LogP contribution < -0.4 is 5.73 Å². The van der Waals surface area contributed by atoms with Gasteiger partial charge in [0.1, 0.15) is 0 Å². The molecule has 0 aromatic rings. The van der Waals surface area contributed by atoms with E-state index in [1.807, 2.05) is 0 Å². The molecule has 0 radical (unpaired) electrons. The molecule has 1 unspecified atom stereocenters. The first-order valence-electron chi connectivity index (χ1n) is 5.50. The van der Waals surface area contributed by atoms with Crippen molar-refractivity contribution in [2.75, 3.05) is 27.2 Å². The summed E-state index contributed by atoms with van der Waals surface area (Å²) in [5.41, 5.74) is 6.15. The van der Waals surface area contributed by atoms with Gasteiger partial charge in [0.05, 0.1) is 0 Å². The van der Waals surface area contributed by atoms with Crippen molar-refractivity contribution in [1.29, 1.82) is 0 Å². The molecule has 1 aliphatic heterocycles. The van der Waals surface area contributed by atoms with E-state index in [0.29, 0.717) is 11.6 Å². The van der Waals surface area contributed by atoms with Crippen LogP contribution in [0.15, 0.2) is 0 Å². The number of likely N-dealkylation sites (tertiary alicyclic amines) is 1. The van der Waals surface area contributed by atoms with Crippen LogP contribution in [0.3, 0.4) is 0 Å². The van der Waals surface area contributed by atoms with E-state index in [-0.39, 0.29) is 6.04 Å². The highest BCUT2D eigenvalue weighted by atomic mass is 15.3. The molecule has 1 aliphatic rings. The van der Waals surface area contributed by atoms with E-state index in [4.69, 9.17) is 5.73 Å². The smallest absolute Gasteiger partial charge is 0.0238 e. The fourth-order valence-electron chi connectivity index (χ4n) is 2.26. The van der Waals surface area contributed by atoms with Gasteiger partial charge in [0.2, 0.25) is 0 Å². The highest BCUT2D eigenvalue weighted by Crippen LogP contribution is 2.29. The van der Waals surface area contributed by atoms with Crippen LogP contribution in [0.4, 0.5) is 0 Å². The predicted octanol–water partition coefficient (Wildman–Crippen LogP) is 0.748. The van der Waals surface area contributed by atoms with Gasteiger partial charge in [-0.1, -0.05) is 0 Å². The minimum atomic E-state index is 0.272. The summed E-state index contributed by atoms with van der Waals surface area (Å²) >= 11 is 0. The molecule has 1 fully saturated rings. The molecule has 0 amide bonds. The zero-order valence-electron chi connectivity index (χ0n) is 10.2. The molecule has 0 spiro atoms. The number of rotatable bonds is 3. The van der Waals surface area contributed by atoms with Crippen molar-refractivity contribution in [1.82, 2.24) is 9.80 Å². The van der Waals surface area contributed by atoms with Crippen molar-refractivity contribution >= 4 is 0 Å². The van der Waals surface area contributed by atoms with Gasteiger partial charge < -0.3 is 10.6 Å². The minimum Gasteiger partial charge on any atom is -0.327 e. The van der Waals surface area contributed by atoms with Crippen LogP contribution in [0.2, 0.25) is 0 Å². The number of hydrogen-bond donors (Lipinski definition) is 1. The third-order valence-electron chi connectivity index (χ3n) is 3.45. The zero-order chi connectivity index (χ0) is 10.9. The average Bonchev–Trinajstić information content (AvgIpc) is 2.25. The summed E-state index contributed by atoms with van der Waals surface area (Å²) in [6.45, 7) is 8.85. The van der Waals surface area contributed by atoms with Gasteiger partial charge in [0.15, 0.2) is 0 Å². The van der Waals surface area contributed by atoms with Crippen molar-refractivity contribution < 1.29 is 0 Å². The maximum atomic E-state index is 5.81. The Labute approximate surface area is 88.2 Å². The van der Waals surface area contributed by atoms with Crippen molar-refractivity contribution in [3.8, 4) is 0 Å². The van der Waals surface area contributed by atoms with E-state index in [0.717, 1.165) is 13.1 Å². The molecule has 0 aliphatic carbocycles. The standard InChI is InChI=1S/C11H25N3/c1-9(12)7-13(4)10-6-11(2,3)14(5)8-10/h9-10H,6-8,12H2,1-5H3/t9-,10?/m0/s1. The van der Waals surface area contributed by atoms with Crippen molar-refractivity contribution in [3.63, 3.8) is 0 Å². The van der Waals surface area contributed by atoms with Gasteiger partial charge >= 0.3 is 0 Å². The second-order valence-corrected chi connectivity index (χ2v) is 5.47. The largest absolute Gasteiger partial charge is 0.327 e. The Morgan fingerprint density at radius 1 is 1.57 bits per heavy atom. The van der Waals surface area contributed by atoms with E-state index in [9.17, 15) is 0 Å². The normalized spacial score (nSPS) is 29.8. The molecule has 2 atom stereocenters. The summed E-state index contributed by atoms with van der Waals surface area (Å²) in [7, 11) is 4.39. The second kappa shape index (κ2) is 4.17. The summed E-state index contributed by atoms with van der Waals surface area (Å²) in [5, 5.41) is 0. The molecule has 1 heterocycles. The summed E-state index contributed by atoms with van der Waals surface area (Å²) in [5.74, 6) is 0. The monoisotopic (exact) mass is 199 g/mol. The van der Waals surface area contributed by atoms with E-state index >= 15 is 0 Å². The highest BCUT2D eigenvalue weighted by Gasteiger charge is 2.37. The lowest BCUT2D eigenvalue weighted by molar-refractivity contribution is 0.215. The maximum Gasteiger partial charge on any atom is 0.0238 e. The second-order valence-electron chi connectivity index (χ2n) is 5.47. The topological polar surface area (TPSA) is 32.5 Å². The van der Waals surface area contributed by atoms with Gasteiger partial charge in [-0.2, -0.15) is 0 Å². The van der Waals surface area contributed by atoms with Crippen LogP contribution in [0.25, 0.3) is 0 Å². The number of hydrogen-bond acceptors (Lipinski definition) is 3. The first-order valence-corrected chi connectivity index (χ1v) is 5.50. The summed E-state index contributed by atoms with van der Waals surface area (Å²) in [6, 6.07) is 0.940. The fourth-order valence-corrected chi connectivity index (χ4v) is 2.26. The summed E-state index contributed by atoms with van der Waals surface area (Å²) < 4.78 is 0. The average molecular weight is 199 g/mol. The molecular weight excluding hydrogens is 174 g/mol. The molecule has 84 valence electrons. The predicted molar refractivity (Wildman–Crippen MR) is 61.4 cm³/mol. The molecule has 3 heteroatoms. The van der Waals surface area contributed by atoms with Crippen molar-refractivity contribution in [2.24, 2.45) is 5.73 Å². The third-order valence-corrected chi connectivity index (χ3v) is 3.45. The lowest BCUT2D eigenvalue weighted by atomic mass is 10.00. The van der Waals surface area contributed by atoms with Gasteiger partial charge in [0.25, 0.3) is 0 Å². The van der Waals surface area contributed by atoms with Gasteiger partial charge in [-0.15, -0.1) is 0 Å². The lowest BCUT2D eigenvalue weighted by Crippen LogP contribution is -2.40. The Morgan fingerprint density at radius 3 is 2.50 bits per heavy atom. The van der Waals surface area contributed by atoms with E-state index < -0.39 is 0 Å². The molecule has 3 nitrogen and oxygen atoms in total. The fraction of sp³-hybridized carbons (Fsp3) is 1.00. The van der Waals surface area contributed by atoms with Crippen LogP contribution in [-0.4, -0.2) is 54.6 Å². The summed E-state index contributed by atoms with van der Waals surface area (Å²) in [6.07, 6.45) is 1.24. The Bertz CT molecular complexity index is 189. The Balaban J connectivity index is 2.49. The molecule has 0 aromatic heterocycles. The molecule has 1 rings (SSSR count). The summed E-state index contributed by atoms with van der Waals surface area (Å²) in [4.78, 5) is 4.84. The molecule has 2 N–H and O–H groups in total. The molecule has 1 saturated heterocycles. The Morgan fingerprint density at radius 2 is 2.14 bits per heavy atom. The quantitative estimate of drug-likeness (QED) is 0.728. The Kier molecular flexibility index (Phi) is 3.56. The molecule has 0 saturated carbocycles. The Hall–Kier alpha value is -0.120. The van der Waals surface area contributed by atoms with Crippen LogP contribution >= 0.6 is 0 Å².